The predicted molar refractivity (Wildman–Crippen MR) is 68.5 cm³/mol. The van der Waals surface area contributed by atoms with Gasteiger partial charge in [0, 0.05) is 19.3 Å². The molecule has 5 nitrogen and oxygen atoms in total. The lowest BCUT2D eigenvalue weighted by atomic mass is 9.89. The largest absolute Gasteiger partial charge is 0.480 e. The lowest BCUT2D eigenvalue weighted by molar-refractivity contribution is 0.0531. The van der Waals surface area contributed by atoms with E-state index in [0.29, 0.717) is 11.8 Å². The Labute approximate surface area is 108 Å². The van der Waals surface area contributed by atoms with Gasteiger partial charge in [0.1, 0.15) is 0 Å². The average Bonchev–Trinajstić information content (AvgIpc) is 2.46. The van der Waals surface area contributed by atoms with Crippen molar-refractivity contribution < 1.29 is 9.47 Å². The first-order valence-corrected chi connectivity index (χ1v) is 6.54. The van der Waals surface area contributed by atoms with Gasteiger partial charge in [-0.1, -0.05) is 6.92 Å². The van der Waals surface area contributed by atoms with Crippen LogP contribution < -0.4 is 10.1 Å². The van der Waals surface area contributed by atoms with Crippen molar-refractivity contribution in [3.63, 3.8) is 0 Å². The van der Waals surface area contributed by atoms with Gasteiger partial charge in [-0.2, -0.15) is 5.10 Å². The molecule has 1 fully saturated rings. The van der Waals surface area contributed by atoms with E-state index in [1.807, 2.05) is 12.1 Å². The van der Waals surface area contributed by atoms with Gasteiger partial charge in [0.05, 0.1) is 18.8 Å². The maximum Gasteiger partial charge on any atom is 0.233 e. The number of hydrogen-bond acceptors (Lipinski definition) is 5. The molecule has 18 heavy (non-hydrogen) atoms. The standard InChI is InChI=1S/C13H21N3O2/c1-3-14-13(10-6-8-18-9-7-10)11-4-5-12(17-2)16-15-11/h4-5,10,13-14H,3,6-9H2,1-2H3. The molecule has 1 aromatic rings. The summed E-state index contributed by atoms with van der Waals surface area (Å²) in [5.74, 6) is 1.13. The molecule has 2 rings (SSSR count). The van der Waals surface area contributed by atoms with Crippen LogP contribution in [0.15, 0.2) is 12.1 Å². The summed E-state index contributed by atoms with van der Waals surface area (Å²) in [7, 11) is 1.60. The molecule has 1 aliphatic rings. The summed E-state index contributed by atoms with van der Waals surface area (Å²) in [6, 6.07) is 4.12. The Morgan fingerprint density at radius 1 is 1.39 bits per heavy atom. The number of nitrogens with one attached hydrogen (secondary N) is 1. The van der Waals surface area contributed by atoms with Crippen molar-refractivity contribution in [2.45, 2.75) is 25.8 Å². The second-order valence-electron chi connectivity index (χ2n) is 4.49. The molecule has 2 heterocycles. The summed E-state index contributed by atoms with van der Waals surface area (Å²) >= 11 is 0. The number of nitrogens with zero attached hydrogens (tertiary/aromatic N) is 2. The minimum absolute atomic E-state index is 0.261. The molecule has 1 N–H and O–H groups in total. The van der Waals surface area contributed by atoms with Gasteiger partial charge in [0.2, 0.25) is 5.88 Å². The van der Waals surface area contributed by atoms with Crippen molar-refractivity contribution in [1.29, 1.82) is 0 Å². The van der Waals surface area contributed by atoms with E-state index in [4.69, 9.17) is 9.47 Å². The highest BCUT2D eigenvalue weighted by atomic mass is 16.5. The van der Waals surface area contributed by atoms with Gasteiger partial charge in [-0.25, -0.2) is 0 Å². The summed E-state index contributed by atoms with van der Waals surface area (Å²) in [5.41, 5.74) is 0.990. The first-order chi connectivity index (χ1) is 8.85. The van der Waals surface area contributed by atoms with Crippen LogP contribution in [-0.4, -0.2) is 37.1 Å². The zero-order valence-corrected chi connectivity index (χ0v) is 11.1. The molecule has 1 atom stereocenters. The van der Waals surface area contributed by atoms with Crippen LogP contribution in [0, 0.1) is 5.92 Å². The van der Waals surface area contributed by atoms with E-state index < -0.39 is 0 Å². The lowest BCUT2D eigenvalue weighted by Gasteiger charge is -2.30. The maximum absolute atomic E-state index is 5.42. The van der Waals surface area contributed by atoms with Crippen LogP contribution >= 0.6 is 0 Å². The van der Waals surface area contributed by atoms with Crippen LogP contribution in [0.3, 0.4) is 0 Å². The first-order valence-electron chi connectivity index (χ1n) is 6.54. The van der Waals surface area contributed by atoms with E-state index in [0.717, 1.165) is 38.3 Å². The Balaban J connectivity index is 2.11. The number of rotatable bonds is 5. The van der Waals surface area contributed by atoms with Crippen molar-refractivity contribution in [2.75, 3.05) is 26.9 Å². The third-order valence-electron chi connectivity index (χ3n) is 3.35. The summed E-state index contributed by atoms with van der Waals surface area (Å²) in [5, 5.41) is 11.8. The van der Waals surface area contributed by atoms with Crippen molar-refractivity contribution >= 4 is 0 Å². The van der Waals surface area contributed by atoms with Crippen molar-refractivity contribution in [1.82, 2.24) is 15.5 Å². The van der Waals surface area contributed by atoms with Gasteiger partial charge in [-0.05, 0) is 31.4 Å². The molecular weight excluding hydrogens is 230 g/mol. The van der Waals surface area contributed by atoms with Crippen LogP contribution in [0.1, 0.15) is 31.5 Å². The molecule has 0 saturated carbocycles. The van der Waals surface area contributed by atoms with Gasteiger partial charge < -0.3 is 14.8 Å². The number of ether oxygens (including phenoxy) is 2. The molecule has 1 aliphatic heterocycles. The summed E-state index contributed by atoms with van der Waals surface area (Å²) < 4.78 is 10.5. The topological polar surface area (TPSA) is 56.3 Å². The van der Waals surface area contributed by atoms with Gasteiger partial charge in [0.25, 0.3) is 0 Å². The molecule has 100 valence electrons. The molecule has 0 radical (unpaired) electrons. The quantitative estimate of drug-likeness (QED) is 0.860. The third-order valence-corrected chi connectivity index (χ3v) is 3.35. The highest BCUT2D eigenvalue weighted by Gasteiger charge is 2.26. The third kappa shape index (κ3) is 3.17. The van der Waals surface area contributed by atoms with Gasteiger partial charge in [-0.3, -0.25) is 0 Å². The van der Waals surface area contributed by atoms with E-state index in [9.17, 15) is 0 Å². The average molecular weight is 251 g/mol. The predicted octanol–water partition coefficient (Wildman–Crippen LogP) is 1.56. The molecule has 5 heteroatoms. The van der Waals surface area contributed by atoms with Crippen molar-refractivity contribution in [3.05, 3.63) is 17.8 Å². The highest BCUT2D eigenvalue weighted by Crippen LogP contribution is 2.29. The number of aromatic nitrogens is 2. The fraction of sp³-hybridized carbons (Fsp3) is 0.692. The number of methoxy groups -OCH3 is 1. The minimum atomic E-state index is 0.261. The van der Waals surface area contributed by atoms with Gasteiger partial charge in [-0.15, -0.1) is 5.10 Å². The van der Waals surface area contributed by atoms with Crippen molar-refractivity contribution in [3.8, 4) is 5.88 Å². The molecule has 0 aromatic carbocycles. The molecule has 0 spiro atoms. The van der Waals surface area contributed by atoms with E-state index in [1.54, 1.807) is 7.11 Å². The highest BCUT2D eigenvalue weighted by molar-refractivity contribution is 5.15. The van der Waals surface area contributed by atoms with E-state index in [2.05, 4.69) is 22.4 Å². The van der Waals surface area contributed by atoms with Gasteiger partial charge in [0.15, 0.2) is 0 Å². The molecule has 1 unspecified atom stereocenters. The molecule has 0 bridgehead atoms. The number of hydrogen-bond donors (Lipinski definition) is 1. The lowest BCUT2D eigenvalue weighted by Crippen LogP contribution is -2.32. The van der Waals surface area contributed by atoms with Crippen molar-refractivity contribution in [2.24, 2.45) is 5.92 Å². The minimum Gasteiger partial charge on any atom is -0.480 e. The van der Waals surface area contributed by atoms with Crippen LogP contribution in [-0.2, 0) is 4.74 Å². The molecule has 0 aliphatic carbocycles. The summed E-state index contributed by atoms with van der Waals surface area (Å²) in [6.07, 6.45) is 2.15. The molecule has 1 aromatic heterocycles. The normalized spacial score (nSPS) is 18.6. The smallest absolute Gasteiger partial charge is 0.233 e. The zero-order valence-electron chi connectivity index (χ0n) is 11.1. The Morgan fingerprint density at radius 2 is 2.17 bits per heavy atom. The Morgan fingerprint density at radius 3 is 2.72 bits per heavy atom. The van der Waals surface area contributed by atoms with Crippen LogP contribution in [0.25, 0.3) is 0 Å². The van der Waals surface area contributed by atoms with Crippen LogP contribution in [0.4, 0.5) is 0 Å². The molecular formula is C13H21N3O2. The summed E-state index contributed by atoms with van der Waals surface area (Å²) in [4.78, 5) is 0. The Hall–Kier alpha value is -1.20. The first kappa shape index (κ1) is 13.2. The monoisotopic (exact) mass is 251 g/mol. The fourth-order valence-corrected chi connectivity index (χ4v) is 2.39. The van der Waals surface area contributed by atoms with E-state index in [1.165, 1.54) is 0 Å². The molecule has 0 amide bonds. The zero-order chi connectivity index (χ0) is 12.8. The van der Waals surface area contributed by atoms with E-state index >= 15 is 0 Å². The summed E-state index contributed by atoms with van der Waals surface area (Å²) in [6.45, 7) is 4.73. The molecule has 1 saturated heterocycles. The van der Waals surface area contributed by atoms with Crippen LogP contribution in [0.2, 0.25) is 0 Å². The Bertz CT molecular complexity index is 350. The second kappa shape index (κ2) is 6.66. The SMILES string of the molecule is CCNC(c1ccc(OC)nn1)C1CCOCC1. The van der Waals surface area contributed by atoms with Crippen LogP contribution in [0.5, 0.6) is 5.88 Å². The second-order valence-corrected chi connectivity index (χ2v) is 4.49. The maximum atomic E-state index is 5.42. The Kier molecular flexibility index (Phi) is 4.90. The van der Waals surface area contributed by atoms with E-state index in [-0.39, 0.29) is 6.04 Å². The van der Waals surface area contributed by atoms with Gasteiger partial charge >= 0.3 is 0 Å². The fourth-order valence-electron chi connectivity index (χ4n) is 2.39.